The van der Waals surface area contributed by atoms with E-state index in [2.05, 4.69) is 5.32 Å². The maximum absolute atomic E-state index is 11.3. The van der Waals surface area contributed by atoms with Gasteiger partial charge in [-0.3, -0.25) is 9.69 Å². The maximum Gasteiger partial charge on any atom is 0.234 e. The number of benzene rings is 1. The largest absolute Gasteiger partial charge is 0.508 e. The predicted octanol–water partition coefficient (Wildman–Crippen LogP) is 0.960. The molecule has 1 rings (SSSR count). The molecule has 16 heavy (non-hydrogen) atoms. The number of carbonyl (C=O) groups excluding carboxylic acids is 1. The van der Waals surface area contributed by atoms with E-state index in [4.69, 9.17) is 5.11 Å². The second-order valence-electron chi connectivity index (χ2n) is 3.79. The second-order valence-corrected chi connectivity index (χ2v) is 3.79. The van der Waals surface area contributed by atoms with Crippen LogP contribution in [0.5, 0.6) is 5.75 Å². The van der Waals surface area contributed by atoms with Gasteiger partial charge in [0.2, 0.25) is 5.91 Å². The third-order valence-electron chi connectivity index (χ3n) is 2.18. The molecule has 0 aromatic heterocycles. The summed E-state index contributed by atoms with van der Waals surface area (Å²) in [6.07, 6.45) is 0. The maximum atomic E-state index is 11.3. The number of likely N-dealkylation sites (N-methyl/N-ethyl adjacent to an activating group) is 2. The third kappa shape index (κ3) is 4.31. The minimum atomic E-state index is 0.0313. The zero-order chi connectivity index (χ0) is 12.0. The van der Waals surface area contributed by atoms with E-state index >= 15 is 0 Å². The lowest BCUT2D eigenvalue weighted by Crippen LogP contribution is -2.34. The Hall–Kier alpha value is -1.55. The van der Waals surface area contributed by atoms with E-state index in [1.807, 2.05) is 31.0 Å². The first-order valence-corrected chi connectivity index (χ1v) is 5.35. The van der Waals surface area contributed by atoms with Crippen LogP contribution in [0.2, 0.25) is 0 Å². The van der Waals surface area contributed by atoms with Crippen LogP contribution in [-0.2, 0) is 11.3 Å². The number of hydrogen-bond acceptors (Lipinski definition) is 3. The molecule has 4 heteroatoms. The fourth-order valence-corrected chi connectivity index (χ4v) is 1.47. The predicted molar refractivity (Wildman–Crippen MR) is 63.1 cm³/mol. The van der Waals surface area contributed by atoms with Crippen LogP contribution >= 0.6 is 0 Å². The SMILES string of the molecule is CCNC(=O)CN(C)Cc1ccc(O)cc1. The van der Waals surface area contributed by atoms with Crippen LogP contribution in [0.25, 0.3) is 0 Å². The molecule has 0 aliphatic rings. The van der Waals surface area contributed by atoms with Crippen molar-refractivity contribution in [1.82, 2.24) is 10.2 Å². The molecule has 4 nitrogen and oxygen atoms in total. The van der Waals surface area contributed by atoms with Crippen molar-refractivity contribution in [3.63, 3.8) is 0 Å². The van der Waals surface area contributed by atoms with Crippen molar-refractivity contribution in [2.75, 3.05) is 20.1 Å². The molecule has 2 N–H and O–H groups in total. The monoisotopic (exact) mass is 222 g/mol. The number of rotatable bonds is 5. The molecule has 1 aromatic carbocycles. The Morgan fingerprint density at radius 2 is 2.00 bits per heavy atom. The van der Waals surface area contributed by atoms with Gasteiger partial charge in [0.25, 0.3) is 0 Å². The Morgan fingerprint density at radius 3 is 2.56 bits per heavy atom. The Balaban J connectivity index is 2.42. The quantitative estimate of drug-likeness (QED) is 0.780. The molecule has 0 unspecified atom stereocenters. The molecular weight excluding hydrogens is 204 g/mol. The second kappa shape index (κ2) is 6.12. The Labute approximate surface area is 95.9 Å². The summed E-state index contributed by atoms with van der Waals surface area (Å²) in [6.45, 7) is 3.63. The Morgan fingerprint density at radius 1 is 1.38 bits per heavy atom. The standard InChI is InChI=1S/C12H18N2O2/c1-3-13-12(16)9-14(2)8-10-4-6-11(15)7-5-10/h4-7,15H,3,8-9H2,1-2H3,(H,13,16). The van der Waals surface area contributed by atoms with Crippen LogP contribution in [0.15, 0.2) is 24.3 Å². The summed E-state index contributed by atoms with van der Waals surface area (Å²) in [5, 5.41) is 11.9. The van der Waals surface area contributed by atoms with Crippen LogP contribution in [-0.4, -0.2) is 36.1 Å². The fraction of sp³-hybridized carbons (Fsp3) is 0.417. The van der Waals surface area contributed by atoms with Gasteiger partial charge in [0, 0.05) is 13.1 Å². The molecule has 1 amide bonds. The van der Waals surface area contributed by atoms with E-state index in [9.17, 15) is 4.79 Å². The van der Waals surface area contributed by atoms with Crippen molar-refractivity contribution >= 4 is 5.91 Å². The number of amides is 1. The minimum Gasteiger partial charge on any atom is -0.508 e. The molecule has 0 aliphatic carbocycles. The number of aromatic hydroxyl groups is 1. The van der Waals surface area contributed by atoms with E-state index < -0.39 is 0 Å². The van der Waals surface area contributed by atoms with Crippen molar-refractivity contribution in [1.29, 1.82) is 0 Å². The van der Waals surface area contributed by atoms with Crippen LogP contribution in [0.1, 0.15) is 12.5 Å². The van der Waals surface area contributed by atoms with Gasteiger partial charge in [0.15, 0.2) is 0 Å². The number of phenols is 1. The summed E-state index contributed by atoms with van der Waals surface area (Å²) < 4.78 is 0. The molecular formula is C12H18N2O2. The number of phenolic OH excluding ortho intramolecular Hbond substituents is 1. The van der Waals surface area contributed by atoms with Gasteiger partial charge < -0.3 is 10.4 Å². The van der Waals surface area contributed by atoms with Crippen LogP contribution in [0, 0.1) is 0 Å². The van der Waals surface area contributed by atoms with E-state index in [0.29, 0.717) is 19.6 Å². The smallest absolute Gasteiger partial charge is 0.234 e. The van der Waals surface area contributed by atoms with Gasteiger partial charge >= 0.3 is 0 Å². The summed E-state index contributed by atoms with van der Waals surface area (Å²) in [6, 6.07) is 7.00. The fourth-order valence-electron chi connectivity index (χ4n) is 1.47. The van der Waals surface area contributed by atoms with Crippen molar-refractivity contribution in [2.24, 2.45) is 0 Å². The minimum absolute atomic E-state index is 0.0313. The summed E-state index contributed by atoms with van der Waals surface area (Å²) in [4.78, 5) is 13.2. The molecule has 0 atom stereocenters. The molecule has 0 saturated heterocycles. The Bertz CT molecular complexity index is 335. The number of hydrogen-bond donors (Lipinski definition) is 2. The molecule has 0 bridgehead atoms. The topological polar surface area (TPSA) is 52.6 Å². The average molecular weight is 222 g/mol. The normalized spacial score (nSPS) is 10.4. The molecule has 1 aromatic rings. The highest BCUT2D eigenvalue weighted by molar-refractivity contribution is 5.77. The lowest BCUT2D eigenvalue weighted by Gasteiger charge is -2.15. The van der Waals surface area contributed by atoms with Gasteiger partial charge in [0.05, 0.1) is 6.54 Å². The van der Waals surface area contributed by atoms with Crippen molar-refractivity contribution in [3.05, 3.63) is 29.8 Å². The first kappa shape index (κ1) is 12.5. The van der Waals surface area contributed by atoms with E-state index in [-0.39, 0.29) is 11.7 Å². The van der Waals surface area contributed by atoms with Crippen LogP contribution in [0.3, 0.4) is 0 Å². The van der Waals surface area contributed by atoms with Gasteiger partial charge in [-0.1, -0.05) is 12.1 Å². The molecule has 88 valence electrons. The van der Waals surface area contributed by atoms with Gasteiger partial charge in [-0.25, -0.2) is 0 Å². The average Bonchev–Trinajstić information content (AvgIpc) is 2.21. The zero-order valence-electron chi connectivity index (χ0n) is 9.73. The summed E-state index contributed by atoms with van der Waals surface area (Å²) >= 11 is 0. The zero-order valence-corrected chi connectivity index (χ0v) is 9.73. The molecule has 0 saturated carbocycles. The van der Waals surface area contributed by atoms with Gasteiger partial charge in [-0.15, -0.1) is 0 Å². The molecule has 0 fully saturated rings. The van der Waals surface area contributed by atoms with Crippen LogP contribution in [0.4, 0.5) is 0 Å². The lowest BCUT2D eigenvalue weighted by atomic mass is 10.2. The molecule has 0 radical (unpaired) electrons. The van der Waals surface area contributed by atoms with Crippen molar-refractivity contribution in [2.45, 2.75) is 13.5 Å². The van der Waals surface area contributed by atoms with E-state index in [1.54, 1.807) is 12.1 Å². The summed E-state index contributed by atoms with van der Waals surface area (Å²) in [5.41, 5.74) is 1.07. The molecule has 0 heterocycles. The van der Waals surface area contributed by atoms with Crippen LogP contribution < -0.4 is 5.32 Å². The third-order valence-corrected chi connectivity index (χ3v) is 2.18. The first-order valence-electron chi connectivity index (χ1n) is 5.35. The summed E-state index contributed by atoms with van der Waals surface area (Å²) in [7, 11) is 1.89. The van der Waals surface area contributed by atoms with Gasteiger partial charge in [-0.2, -0.15) is 0 Å². The van der Waals surface area contributed by atoms with E-state index in [1.165, 1.54) is 0 Å². The molecule has 0 aliphatic heterocycles. The lowest BCUT2D eigenvalue weighted by molar-refractivity contribution is -0.121. The highest BCUT2D eigenvalue weighted by Crippen LogP contribution is 2.10. The van der Waals surface area contributed by atoms with Gasteiger partial charge in [-0.05, 0) is 31.7 Å². The summed E-state index contributed by atoms with van der Waals surface area (Å²) in [5.74, 6) is 0.291. The van der Waals surface area contributed by atoms with Crippen molar-refractivity contribution in [3.8, 4) is 5.75 Å². The number of nitrogens with one attached hydrogen (secondary N) is 1. The van der Waals surface area contributed by atoms with Gasteiger partial charge in [0.1, 0.15) is 5.75 Å². The number of nitrogens with zero attached hydrogens (tertiary/aromatic N) is 1. The van der Waals surface area contributed by atoms with E-state index in [0.717, 1.165) is 5.56 Å². The highest BCUT2D eigenvalue weighted by atomic mass is 16.3. The highest BCUT2D eigenvalue weighted by Gasteiger charge is 2.05. The molecule has 0 spiro atoms. The number of carbonyl (C=O) groups is 1. The Kier molecular flexibility index (Phi) is 4.79. The van der Waals surface area contributed by atoms with Crippen molar-refractivity contribution < 1.29 is 9.90 Å². The first-order chi connectivity index (χ1) is 7.61.